The fourth-order valence-corrected chi connectivity index (χ4v) is 3.00. The summed E-state index contributed by atoms with van der Waals surface area (Å²) in [4.78, 5) is 11.3. The molecule has 0 saturated carbocycles. The summed E-state index contributed by atoms with van der Waals surface area (Å²) in [6.07, 6.45) is 0.642. The number of carbonyl (C=O) groups excluding carboxylic acids is 1. The second-order valence-corrected chi connectivity index (χ2v) is 5.60. The highest BCUT2D eigenvalue weighted by Gasteiger charge is 2.11. The molecule has 1 aromatic carbocycles. The lowest BCUT2D eigenvalue weighted by Crippen LogP contribution is -1.98. The van der Waals surface area contributed by atoms with Crippen molar-refractivity contribution in [2.24, 2.45) is 0 Å². The Kier molecular flexibility index (Phi) is 3.77. The van der Waals surface area contributed by atoms with E-state index >= 15 is 0 Å². The van der Waals surface area contributed by atoms with Gasteiger partial charge < -0.3 is 4.42 Å². The minimum absolute atomic E-state index is 0.266. The zero-order valence-electron chi connectivity index (χ0n) is 10.3. The fourth-order valence-electron chi connectivity index (χ4n) is 1.80. The summed E-state index contributed by atoms with van der Waals surface area (Å²) in [6, 6.07) is 9.10. The Morgan fingerprint density at radius 2 is 2.00 bits per heavy atom. The molecule has 0 amide bonds. The maximum atomic E-state index is 12.2. The monoisotopic (exact) mass is 262 g/mol. The third-order valence-electron chi connectivity index (χ3n) is 2.65. The van der Waals surface area contributed by atoms with Crippen molar-refractivity contribution in [2.75, 3.05) is 0 Å². The SMILES string of the molecule is Cc1ccc(S(=O)Cc2ccc(C=O)o2)c(C)c1. The van der Waals surface area contributed by atoms with Gasteiger partial charge in [-0.15, -0.1) is 0 Å². The van der Waals surface area contributed by atoms with E-state index in [9.17, 15) is 9.00 Å². The molecule has 4 heteroatoms. The Balaban J connectivity index is 2.19. The van der Waals surface area contributed by atoms with E-state index in [1.807, 2.05) is 32.0 Å². The molecule has 0 spiro atoms. The molecule has 0 aliphatic heterocycles. The zero-order chi connectivity index (χ0) is 13.1. The van der Waals surface area contributed by atoms with Crippen LogP contribution in [0, 0.1) is 13.8 Å². The van der Waals surface area contributed by atoms with Crippen molar-refractivity contribution in [1.29, 1.82) is 0 Å². The van der Waals surface area contributed by atoms with Crippen LogP contribution in [0.15, 0.2) is 39.6 Å². The van der Waals surface area contributed by atoms with Crippen molar-refractivity contribution >= 4 is 17.1 Å². The summed E-state index contributed by atoms with van der Waals surface area (Å²) in [5.41, 5.74) is 2.16. The first-order valence-corrected chi connectivity index (χ1v) is 6.91. The number of furan rings is 1. The molecule has 1 aromatic heterocycles. The smallest absolute Gasteiger partial charge is 0.185 e. The van der Waals surface area contributed by atoms with Gasteiger partial charge in [0.2, 0.25) is 0 Å². The van der Waals surface area contributed by atoms with Gasteiger partial charge in [-0.05, 0) is 37.6 Å². The molecule has 2 rings (SSSR count). The maximum absolute atomic E-state index is 12.2. The van der Waals surface area contributed by atoms with Crippen LogP contribution in [-0.2, 0) is 16.6 Å². The third-order valence-corrected chi connectivity index (χ3v) is 4.14. The minimum atomic E-state index is -1.15. The number of rotatable bonds is 4. The van der Waals surface area contributed by atoms with E-state index in [2.05, 4.69) is 0 Å². The number of carbonyl (C=O) groups is 1. The summed E-state index contributed by atoms with van der Waals surface area (Å²) in [5, 5.41) is 0. The summed E-state index contributed by atoms with van der Waals surface area (Å²) in [6.45, 7) is 3.95. The van der Waals surface area contributed by atoms with Crippen LogP contribution in [0.25, 0.3) is 0 Å². The van der Waals surface area contributed by atoms with E-state index in [1.54, 1.807) is 12.1 Å². The molecular formula is C14H14O3S. The zero-order valence-corrected chi connectivity index (χ0v) is 11.1. The highest BCUT2D eigenvalue weighted by molar-refractivity contribution is 7.84. The van der Waals surface area contributed by atoms with E-state index < -0.39 is 10.8 Å². The Labute approximate surface area is 108 Å². The first-order chi connectivity index (χ1) is 8.60. The normalized spacial score (nSPS) is 12.3. The number of hydrogen-bond donors (Lipinski definition) is 0. The van der Waals surface area contributed by atoms with Crippen molar-refractivity contribution in [3.05, 3.63) is 53.0 Å². The molecule has 1 atom stereocenters. The van der Waals surface area contributed by atoms with Crippen LogP contribution in [0.1, 0.15) is 27.4 Å². The lowest BCUT2D eigenvalue weighted by atomic mass is 10.2. The summed E-state index contributed by atoms with van der Waals surface area (Å²) >= 11 is 0. The predicted octanol–water partition coefficient (Wildman–Crippen LogP) is 3.02. The van der Waals surface area contributed by atoms with Crippen LogP contribution in [0.4, 0.5) is 0 Å². The van der Waals surface area contributed by atoms with Crippen molar-refractivity contribution in [2.45, 2.75) is 24.5 Å². The highest BCUT2D eigenvalue weighted by Crippen LogP contribution is 2.18. The van der Waals surface area contributed by atoms with Crippen molar-refractivity contribution < 1.29 is 13.4 Å². The predicted molar refractivity (Wildman–Crippen MR) is 70.1 cm³/mol. The van der Waals surface area contributed by atoms with Gasteiger partial charge in [-0.25, -0.2) is 0 Å². The molecule has 1 unspecified atom stereocenters. The number of aryl methyl sites for hydroxylation is 2. The number of aldehydes is 1. The summed E-state index contributed by atoms with van der Waals surface area (Å²) < 4.78 is 17.4. The van der Waals surface area contributed by atoms with Crippen LogP contribution >= 0.6 is 0 Å². The average Bonchev–Trinajstić information content (AvgIpc) is 2.76. The van der Waals surface area contributed by atoms with Crippen molar-refractivity contribution in [3.63, 3.8) is 0 Å². The van der Waals surface area contributed by atoms with Crippen LogP contribution in [-0.4, -0.2) is 10.5 Å². The van der Waals surface area contributed by atoms with Gasteiger partial charge in [0, 0.05) is 4.90 Å². The van der Waals surface area contributed by atoms with Crippen LogP contribution < -0.4 is 0 Å². The van der Waals surface area contributed by atoms with Crippen LogP contribution in [0.5, 0.6) is 0 Å². The van der Waals surface area contributed by atoms with Crippen molar-refractivity contribution in [3.8, 4) is 0 Å². The molecule has 94 valence electrons. The molecule has 18 heavy (non-hydrogen) atoms. The van der Waals surface area contributed by atoms with E-state index in [0.717, 1.165) is 16.0 Å². The lowest BCUT2D eigenvalue weighted by molar-refractivity contribution is 0.109. The second kappa shape index (κ2) is 5.31. The lowest BCUT2D eigenvalue weighted by Gasteiger charge is -2.05. The minimum Gasteiger partial charge on any atom is -0.457 e. The molecule has 0 radical (unpaired) electrons. The van der Waals surface area contributed by atoms with E-state index in [-0.39, 0.29) is 11.5 Å². The quantitative estimate of drug-likeness (QED) is 0.796. The van der Waals surface area contributed by atoms with Gasteiger partial charge in [-0.1, -0.05) is 17.7 Å². The van der Waals surface area contributed by atoms with Gasteiger partial charge in [0.05, 0.1) is 16.6 Å². The largest absolute Gasteiger partial charge is 0.457 e. The Hall–Kier alpha value is -1.68. The Bertz CT molecular complexity index is 599. The first-order valence-electron chi connectivity index (χ1n) is 5.59. The average molecular weight is 262 g/mol. The number of benzene rings is 1. The molecule has 0 fully saturated rings. The molecule has 1 heterocycles. The van der Waals surface area contributed by atoms with Crippen LogP contribution in [0.3, 0.4) is 0 Å². The molecular weight excluding hydrogens is 248 g/mol. The molecule has 0 aliphatic carbocycles. The molecule has 0 aliphatic rings. The summed E-state index contributed by atoms with van der Waals surface area (Å²) in [5.74, 6) is 1.12. The standard InChI is InChI=1S/C14H14O3S/c1-10-3-6-14(11(2)7-10)18(16)9-13-5-4-12(8-15)17-13/h3-8H,9H2,1-2H3. The van der Waals surface area contributed by atoms with Gasteiger partial charge in [0.15, 0.2) is 12.0 Å². The molecule has 0 saturated heterocycles. The first kappa shape index (κ1) is 12.8. The fraction of sp³-hybridized carbons (Fsp3) is 0.214. The molecule has 2 aromatic rings. The van der Waals surface area contributed by atoms with E-state index in [1.165, 1.54) is 0 Å². The second-order valence-electron chi connectivity index (χ2n) is 4.18. The Morgan fingerprint density at radius 3 is 2.61 bits per heavy atom. The third kappa shape index (κ3) is 2.76. The van der Waals surface area contributed by atoms with Gasteiger partial charge in [-0.3, -0.25) is 9.00 Å². The molecule has 0 bridgehead atoms. The number of hydrogen-bond acceptors (Lipinski definition) is 3. The van der Waals surface area contributed by atoms with Gasteiger partial charge in [0.25, 0.3) is 0 Å². The van der Waals surface area contributed by atoms with Gasteiger partial charge >= 0.3 is 0 Å². The summed E-state index contributed by atoms with van der Waals surface area (Å²) in [7, 11) is -1.15. The highest BCUT2D eigenvalue weighted by atomic mass is 32.2. The molecule has 0 N–H and O–H groups in total. The van der Waals surface area contributed by atoms with Gasteiger partial charge in [-0.2, -0.15) is 0 Å². The Morgan fingerprint density at radius 1 is 1.22 bits per heavy atom. The topological polar surface area (TPSA) is 47.3 Å². The van der Waals surface area contributed by atoms with E-state index in [4.69, 9.17) is 4.42 Å². The van der Waals surface area contributed by atoms with Crippen molar-refractivity contribution in [1.82, 2.24) is 0 Å². The van der Waals surface area contributed by atoms with Crippen LogP contribution in [0.2, 0.25) is 0 Å². The molecule has 3 nitrogen and oxygen atoms in total. The van der Waals surface area contributed by atoms with E-state index in [0.29, 0.717) is 12.0 Å². The van der Waals surface area contributed by atoms with Gasteiger partial charge in [0.1, 0.15) is 5.76 Å². The maximum Gasteiger partial charge on any atom is 0.185 e.